The Hall–Kier alpha value is -2.30. The Morgan fingerprint density at radius 1 is 1.00 bits per heavy atom. The lowest BCUT2D eigenvalue weighted by atomic mass is 10.1. The van der Waals surface area contributed by atoms with Crippen LogP contribution in [0.25, 0.3) is 17.0 Å². The number of rotatable bonds is 2. The number of fused-ring (bicyclic) bond motifs is 1. The number of aromatic nitrogens is 4. The lowest BCUT2D eigenvalue weighted by molar-refractivity contribution is 0.628. The summed E-state index contributed by atoms with van der Waals surface area (Å²) in [6.45, 7) is 4.16. The molecule has 0 aliphatic carbocycles. The average Bonchev–Trinajstić information content (AvgIpc) is 2.82. The fraction of sp³-hybridized carbons (Fsp3) is 0.214. The van der Waals surface area contributed by atoms with Crippen LogP contribution in [0, 0.1) is 5.82 Å². The molecule has 0 atom stereocenters. The third-order valence-electron chi connectivity index (χ3n) is 2.98. The van der Waals surface area contributed by atoms with E-state index >= 15 is 0 Å². The number of hydrogen-bond acceptors (Lipinski definition) is 3. The lowest BCUT2D eigenvalue weighted by Crippen LogP contribution is -2.01. The monoisotopic (exact) mass is 256 g/mol. The number of nitrogens with zero attached hydrogens (tertiary/aromatic N) is 4. The molecule has 0 spiro atoms. The van der Waals surface area contributed by atoms with Crippen LogP contribution in [0.1, 0.15) is 25.5 Å². The Kier molecular flexibility index (Phi) is 2.74. The van der Waals surface area contributed by atoms with E-state index in [1.54, 1.807) is 16.6 Å². The summed E-state index contributed by atoms with van der Waals surface area (Å²) < 4.78 is 14.7. The number of benzene rings is 1. The zero-order chi connectivity index (χ0) is 13.4. The van der Waals surface area contributed by atoms with Gasteiger partial charge in [-0.15, -0.1) is 10.2 Å². The van der Waals surface area contributed by atoms with Gasteiger partial charge in [-0.3, -0.25) is 0 Å². The minimum atomic E-state index is -0.270. The first-order valence-electron chi connectivity index (χ1n) is 6.13. The van der Waals surface area contributed by atoms with Crippen LogP contribution in [0.3, 0.4) is 0 Å². The zero-order valence-electron chi connectivity index (χ0n) is 10.7. The van der Waals surface area contributed by atoms with E-state index in [1.165, 1.54) is 12.1 Å². The summed E-state index contributed by atoms with van der Waals surface area (Å²) in [6, 6.07) is 10.0. The Bertz CT molecular complexity index is 716. The van der Waals surface area contributed by atoms with Crippen molar-refractivity contribution in [3.05, 3.63) is 47.9 Å². The Labute approximate surface area is 109 Å². The van der Waals surface area contributed by atoms with Crippen LogP contribution >= 0.6 is 0 Å². The average molecular weight is 256 g/mol. The molecule has 4 nitrogen and oxygen atoms in total. The van der Waals surface area contributed by atoms with Crippen molar-refractivity contribution < 1.29 is 4.39 Å². The molecule has 0 N–H and O–H groups in total. The highest BCUT2D eigenvalue weighted by molar-refractivity contribution is 5.58. The van der Waals surface area contributed by atoms with Crippen LogP contribution in [-0.4, -0.2) is 19.8 Å². The molecule has 1 aromatic carbocycles. The molecule has 0 bridgehead atoms. The molecule has 3 aromatic rings. The third-order valence-corrected chi connectivity index (χ3v) is 2.98. The van der Waals surface area contributed by atoms with Gasteiger partial charge in [0.25, 0.3) is 0 Å². The maximum Gasteiger partial charge on any atom is 0.185 e. The van der Waals surface area contributed by atoms with Crippen molar-refractivity contribution in [1.82, 2.24) is 19.8 Å². The third kappa shape index (κ3) is 2.07. The summed E-state index contributed by atoms with van der Waals surface area (Å²) in [7, 11) is 0. The van der Waals surface area contributed by atoms with Crippen molar-refractivity contribution in [3.63, 3.8) is 0 Å². The van der Waals surface area contributed by atoms with Crippen molar-refractivity contribution in [2.45, 2.75) is 19.8 Å². The molecule has 19 heavy (non-hydrogen) atoms. The molecule has 0 fully saturated rings. The molecular weight excluding hydrogens is 243 g/mol. The number of hydrogen-bond donors (Lipinski definition) is 0. The summed E-state index contributed by atoms with van der Waals surface area (Å²) >= 11 is 0. The Morgan fingerprint density at radius 3 is 2.42 bits per heavy atom. The second kappa shape index (κ2) is 4.42. The second-order valence-corrected chi connectivity index (χ2v) is 4.71. The molecule has 0 amide bonds. The van der Waals surface area contributed by atoms with Crippen LogP contribution in [-0.2, 0) is 0 Å². The molecule has 96 valence electrons. The van der Waals surface area contributed by atoms with Crippen LogP contribution in [0.4, 0.5) is 4.39 Å². The summed E-state index contributed by atoms with van der Waals surface area (Å²) in [5.41, 5.74) is 2.45. The zero-order valence-corrected chi connectivity index (χ0v) is 10.7. The molecule has 2 aromatic heterocycles. The van der Waals surface area contributed by atoms with Gasteiger partial charge >= 0.3 is 0 Å². The molecule has 0 aliphatic rings. The molecule has 5 heteroatoms. The Morgan fingerprint density at radius 2 is 1.74 bits per heavy atom. The molecule has 0 aliphatic heterocycles. The van der Waals surface area contributed by atoms with Crippen molar-refractivity contribution in [2.24, 2.45) is 0 Å². The highest BCUT2D eigenvalue weighted by Crippen LogP contribution is 2.19. The quantitative estimate of drug-likeness (QED) is 0.707. The van der Waals surface area contributed by atoms with Crippen LogP contribution in [0.2, 0.25) is 0 Å². The standard InChI is InChI=1S/C14H13FN4/c1-9(2)12-7-8-13-16-17-14(19(13)18-12)10-3-5-11(15)6-4-10/h3-9H,1-2H3. The predicted octanol–water partition coefficient (Wildman–Crippen LogP) is 3.05. The van der Waals surface area contributed by atoms with Gasteiger partial charge in [0.2, 0.25) is 0 Å². The highest BCUT2D eigenvalue weighted by Gasteiger charge is 2.11. The van der Waals surface area contributed by atoms with E-state index in [1.807, 2.05) is 12.1 Å². The minimum Gasteiger partial charge on any atom is -0.207 e. The fourth-order valence-corrected chi connectivity index (χ4v) is 1.89. The molecule has 2 heterocycles. The topological polar surface area (TPSA) is 43.1 Å². The van der Waals surface area contributed by atoms with Crippen molar-refractivity contribution in [1.29, 1.82) is 0 Å². The van der Waals surface area contributed by atoms with E-state index in [-0.39, 0.29) is 5.82 Å². The fourth-order valence-electron chi connectivity index (χ4n) is 1.89. The SMILES string of the molecule is CC(C)c1ccc2nnc(-c3ccc(F)cc3)n2n1. The molecule has 0 radical (unpaired) electrons. The van der Waals surface area contributed by atoms with Gasteiger partial charge in [-0.05, 0) is 42.3 Å². The first-order valence-corrected chi connectivity index (χ1v) is 6.13. The van der Waals surface area contributed by atoms with Crippen molar-refractivity contribution in [2.75, 3.05) is 0 Å². The summed E-state index contributed by atoms with van der Waals surface area (Å²) in [4.78, 5) is 0. The summed E-state index contributed by atoms with van der Waals surface area (Å²) in [5.74, 6) is 0.679. The maximum absolute atomic E-state index is 13.0. The van der Waals surface area contributed by atoms with Gasteiger partial charge in [-0.2, -0.15) is 9.61 Å². The van der Waals surface area contributed by atoms with E-state index in [2.05, 4.69) is 29.1 Å². The molecule has 0 saturated heterocycles. The summed E-state index contributed by atoms with van der Waals surface area (Å²) in [5, 5.41) is 12.7. The smallest absolute Gasteiger partial charge is 0.185 e. The van der Waals surface area contributed by atoms with E-state index in [0.717, 1.165) is 11.3 Å². The van der Waals surface area contributed by atoms with Gasteiger partial charge < -0.3 is 0 Å². The van der Waals surface area contributed by atoms with Gasteiger partial charge in [0.1, 0.15) is 5.82 Å². The molecule has 3 rings (SSSR count). The van der Waals surface area contributed by atoms with Crippen molar-refractivity contribution >= 4 is 5.65 Å². The first kappa shape index (κ1) is 11.8. The van der Waals surface area contributed by atoms with Gasteiger partial charge in [-0.1, -0.05) is 13.8 Å². The first-order chi connectivity index (χ1) is 9.15. The van der Waals surface area contributed by atoms with Gasteiger partial charge in [0.15, 0.2) is 11.5 Å². The van der Waals surface area contributed by atoms with Crippen LogP contribution in [0.5, 0.6) is 0 Å². The largest absolute Gasteiger partial charge is 0.207 e. The normalized spacial score (nSPS) is 11.4. The highest BCUT2D eigenvalue weighted by atomic mass is 19.1. The van der Waals surface area contributed by atoms with E-state index < -0.39 is 0 Å². The van der Waals surface area contributed by atoms with E-state index in [9.17, 15) is 4.39 Å². The second-order valence-electron chi connectivity index (χ2n) is 4.71. The maximum atomic E-state index is 13.0. The molecule has 0 unspecified atom stereocenters. The van der Waals surface area contributed by atoms with Crippen molar-refractivity contribution in [3.8, 4) is 11.4 Å². The van der Waals surface area contributed by atoms with Gasteiger partial charge in [-0.25, -0.2) is 4.39 Å². The van der Waals surface area contributed by atoms with Crippen LogP contribution < -0.4 is 0 Å². The van der Waals surface area contributed by atoms with Crippen LogP contribution in [0.15, 0.2) is 36.4 Å². The molecular formula is C14H13FN4. The minimum absolute atomic E-state index is 0.270. The van der Waals surface area contributed by atoms with E-state index in [0.29, 0.717) is 17.4 Å². The Balaban J connectivity index is 2.18. The number of halogens is 1. The van der Waals surface area contributed by atoms with Gasteiger partial charge in [0, 0.05) is 5.56 Å². The lowest BCUT2D eigenvalue weighted by Gasteiger charge is -2.05. The molecule has 0 saturated carbocycles. The summed E-state index contributed by atoms with van der Waals surface area (Å²) in [6.07, 6.45) is 0. The predicted molar refractivity (Wildman–Crippen MR) is 70.3 cm³/mol. The van der Waals surface area contributed by atoms with Gasteiger partial charge in [0.05, 0.1) is 5.69 Å². The van der Waals surface area contributed by atoms with E-state index in [4.69, 9.17) is 0 Å².